The van der Waals surface area contributed by atoms with Gasteiger partial charge in [-0.05, 0) is 42.3 Å². The summed E-state index contributed by atoms with van der Waals surface area (Å²) in [4.78, 5) is 12.2. The molecule has 3 N–H and O–H groups in total. The molecule has 0 aliphatic carbocycles. The molecular formula is C17H19ClN2O2. The summed E-state index contributed by atoms with van der Waals surface area (Å²) < 4.78 is 5.42. The second-order valence-corrected chi connectivity index (χ2v) is 5.28. The molecule has 0 unspecified atom stereocenters. The van der Waals surface area contributed by atoms with Crippen molar-refractivity contribution in [3.63, 3.8) is 0 Å². The number of nitrogens with two attached hydrogens (primary N) is 1. The van der Waals surface area contributed by atoms with E-state index in [0.29, 0.717) is 36.0 Å². The van der Waals surface area contributed by atoms with E-state index in [9.17, 15) is 4.79 Å². The summed E-state index contributed by atoms with van der Waals surface area (Å²) in [7, 11) is 0. The van der Waals surface area contributed by atoms with Gasteiger partial charge in [-0.25, -0.2) is 0 Å². The van der Waals surface area contributed by atoms with Crippen molar-refractivity contribution in [2.75, 3.05) is 13.2 Å². The second-order valence-electron chi connectivity index (χ2n) is 4.87. The minimum atomic E-state index is -0.155. The third-order valence-electron chi connectivity index (χ3n) is 3.30. The molecule has 4 nitrogen and oxygen atoms in total. The summed E-state index contributed by atoms with van der Waals surface area (Å²) in [6.45, 7) is 3.22. The quantitative estimate of drug-likeness (QED) is 0.860. The van der Waals surface area contributed by atoms with Crippen molar-refractivity contribution in [2.45, 2.75) is 13.5 Å². The minimum absolute atomic E-state index is 0.155. The molecule has 0 saturated heterocycles. The van der Waals surface area contributed by atoms with Gasteiger partial charge >= 0.3 is 0 Å². The van der Waals surface area contributed by atoms with Crippen molar-refractivity contribution in [2.24, 2.45) is 5.73 Å². The number of amides is 1. The van der Waals surface area contributed by atoms with E-state index < -0.39 is 0 Å². The number of carbonyl (C=O) groups excluding carboxylic acids is 1. The first-order valence-corrected chi connectivity index (χ1v) is 7.44. The van der Waals surface area contributed by atoms with Crippen molar-refractivity contribution in [1.82, 2.24) is 5.32 Å². The standard InChI is InChI=1S/C17H19ClN2O2/c1-12-14(5-3-7-16(12)18)11-20-17(21)13-4-2-6-15(10-13)22-9-8-19/h2-7,10H,8-9,11,19H2,1H3,(H,20,21). The highest BCUT2D eigenvalue weighted by molar-refractivity contribution is 6.31. The van der Waals surface area contributed by atoms with Crippen LogP contribution < -0.4 is 15.8 Å². The van der Waals surface area contributed by atoms with Crippen LogP contribution in [0, 0.1) is 6.92 Å². The van der Waals surface area contributed by atoms with Gasteiger partial charge in [0.25, 0.3) is 5.91 Å². The van der Waals surface area contributed by atoms with Crippen LogP contribution in [0.5, 0.6) is 5.75 Å². The van der Waals surface area contributed by atoms with Crippen LogP contribution in [-0.4, -0.2) is 19.1 Å². The molecule has 0 atom stereocenters. The first kappa shape index (κ1) is 16.3. The maximum atomic E-state index is 12.2. The summed E-state index contributed by atoms with van der Waals surface area (Å²) in [5.74, 6) is 0.481. The van der Waals surface area contributed by atoms with E-state index >= 15 is 0 Å². The number of ether oxygens (including phenoxy) is 1. The Morgan fingerprint density at radius 2 is 2.05 bits per heavy atom. The highest BCUT2D eigenvalue weighted by Gasteiger charge is 2.08. The van der Waals surface area contributed by atoms with E-state index in [1.807, 2.05) is 25.1 Å². The van der Waals surface area contributed by atoms with Gasteiger partial charge in [0.2, 0.25) is 0 Å². The minimum Gasteiger partial charge on any atom is -0.492 e. The van der Waals surface area contributed by atoms with Gasteiger partial charge in [-0.1, -0.05) is 29.8 Å². The third-order valence-corrected chi connectivity index (χ3v) is 3.71. The van der Waals surface area contributed by atoms with Crippen LogP contribution in [0.2, 0.25) is 5.02 Å². The zero-order valence-corrected chi connectivity index (χ0v) is 13.2. The fourth-order valence-electron chi connectivity index (χ4n) is 2.03. The molecular weight excluding hydrogens is 300 g/mol. The SMILES string of the molecule is Cc1c(Cl)cccc1CNC(=O)c1cccc(OCCN)c1. The molecule has 0 spiro atoms. The maximum absolute atomic E-state index is 12.2. The van der Waals surface area contributed by atoms with E-state index in [1.54, 1.807) is 24.3 Å². The van der Waals surface area contributed by atoms with Crippen molar-refractivity contribution < 1.29 is 9.53 Å². The van der Waals surface area contributed by atoms with E-state index in [1.165, 1.54) is 0 Å². The van der Waals surface area contributed by atoms with Gasteiger partial charge in [-0.15, -0.1) is 0 Å². The highest BCUT2D eigenvalue weighted by Crippen LogP contribution is 2.19. The van der Waals surface area contributed by atoms with Crippen LogP contribution in [-0.2, 0) is 6.54 Å². The maximum Gasteiger partial charge on any atom is 0.251 e. The Kier molecular flexibility index (Phi) is 5.81. The number of benzene rings is 2. The van der Waals surface area contributed by atoms with Gasteiger partial charge in [-0.3, -0.25) is 4.79 Å². The van der Waals surface area contributed by atoms with Gasteiger partial charge in [0, 0.05) is 23.7 Å². The van der Waals surface area contributed by atoms with Crippen LogP contribution in [0.25, 0.3) is 0 Å². The monoisotopic (exact) mass is 318 g/mol. The lowest BCUT2D eigenvalue weighted by Gasteiger charge is -2.10. The van der Waals surface area contributed by atoms with Crippen molar-refractivity contribution in [3.8, 4) is 5.75 Å². The first-order valence-electron chi connectivity index (χ1n) is 7.07. The molecule has 0 radical (unpaired) electrons. The van der Waals surface area contributed by atoms with Gasteiger partial charge in [0.15, 0.2) is 0 Å². The topological polar surface area (TPSA) is 64.3 Å². The Hall–Kier alpha value is -2.04. The lowest BCUT2D eigenvalue weighted by Crippen LogP contribution is -2.23. The Labute approximate surface area is 135 Å². The first-order chi connectivity index (χ1) is 10.6. The van der Waals surface area contributed by atoms with Gasteiger partial charge in [0.1, 0.15) is 12.4 Å². The predicted octanol–water partition coefficient (Wildman–Crippen LogP) is 2.92. The fraction of sp³-hybridized carbons (Fsp3) is 0.235. The van der Waals surface area contributed by atoms with Crippen molar-refractivity contribution >= 4 is 17.5 Å². The summed E-state index contributed by atoms with van der Waals surface area (Å²) in [6.07, 6.45) is 0. The van der Waals surface area contributed by atoms with Crippen LogP contribution >= 0.6 is 11.6 Å². The number of halogens is 1. The molecule has 2 aromatic rings. The van der Waals surface area contributed by atoms with E-state index in [0.717, 1.165) is 11.1 Å². The van der Waals surface area contributed by atoms with Gasteiger partial charge in [0.05, 0.1) is 0 Å². The molecule has 0 aliphatic heterocycles. The Morgan fingerprint density at radius 3 is 2.82 bits per heavy atom. The number of hydrogen-bond donors (Lipinski definition) is 2. The lowest BCUT2D eigenvalue weighted by atomic mass is 10.1. The van der Waals surface area contributed by atoms with Gasteiger partial charge in [-0.2, -0.15) is 0 Å². The summed E-state index contributed by atoms with van der Waals surface area (Å²) in [5.41, 5.74) is 7.92. The highest BCUT2D eigenvalue weighted by atomic mass is 35.5. The molecule has 22 heavy (non-hydrogen) atoms. The van der Waals surface area contributed by atoms with Crippen LogP contribution in [0.4, 0.5) is 0 Å². The molecule has 0 saturated carbocycles. The number of nitrogens with one attached hydrogen (secondary N) is 1. The largest absolute Gasteiger partial charge is 0.492 e. The average molecular weight is 319 g/mol. The molecule has 2 rings (SSSR count). The van der Waals surface area contributed by atoms with E-state index in [4.69, 9.17) is 22.1 Å². The van der Waals surface area contributed by atoms with Crippen LogP contribution in [0.15, 0.2) is 42.5 Å². The fourth-order valence-corrected chi connectivity index (χ4v) is 2.22. The number of rotatable bonds is 6. The molecule has 0 fully saturated rings. The average Bonchev–Trinajstić information content (AvgIpc) is 2.54. The van der Waals surface area contributed by atoms with Gasteiger partial charge < -0.3 is 15.8 Å². The lowest BCUT2D eigenvalue weighted by molar-refractivity contribution is 0.0950. The molecule has 0 aliphatic rings. The smallest absolute Gasteiger partial charge is 0.251 e. The third kappa shape index (κ3) is 4.23. The predicted molar refractivity (Wildman–Crippen MR) is 88.4 cm³/mol. The van der Waals surface area contributed by atoms with E-state index in [-0.39, 0.29) is 5.91 Å². The van der Waals surface area contributed by atoms with Crippen molar-refractivity contribution in [1.29, 1.82) is 0 Å². The van der Waals surface area contributed by atoms with Crippen molar-refractivity contribution in [3.05, 3.63) is 64.2 Å². The molecule has 5 heteroatoms. The summed E-state index contributed by atoms with van der Waals surface area (Å²) in [6, 6.07) is 12.7. The summed E-state index contributed by atoms with van der Waals surface area (Å²) >= 11 is 6.08. The molecule has 116 valence electrons. The second kappa shape index (κ2) is 7.82. The zero-order valence-electron chi connectivity index (χ0n) is 12.4. The van der Waals surface area contributed by atoms with E-state index in [2.05, 4.69) is 5.32 Å². The molecule has 0 heterocycles. The molecule has 0 bridgehead atoms. The molecule has 2 aromatic carbocycles. The zero-order chi connectivity index (χ0) is 15.9. The Bertz CT molecular complexity index is 659. The van der Waals surface area contributed by atoms with Crippen LogP contribution in [0.1, 0.15) is 21.5 Å². The molecule has 1 amide bonds. The molecule has 0 aromatic heterocycles. The summed E-state index contributed by atoms with van der Waals surface area (Å²) in [5, 5.41) is 3.59. The number of hydrogen-bond acceptors (Lipinski definition) is 3. The number of carbonyl (C=O) groups is 1. The normalized spacial score (nSPS) is 10.3. The Morgan fingerprint density at radius 1 is 1.27 bits per heavy atom. The Balaban J connectivity index is 2.01. The van der Waals surface area contributed by atoms with Crippen LogP contribution in [0.3, 0.4) is 0 Å².